The number of nitrogen functional groups attached to an aromatic ring is 1. The maximum absolute atomic E-state index is 13.9. The Balaban J connectivity index is 1.64. The van der Waals surface area contributed by atoms with Gasteiger partial charge >= 0.3 is 0 Å². The lowest BCUT2D eigenvalue weighted by Gasteiger charge is -2.12. The molecule has 0 fully saturated rings. The predicted octanol–water partition coefficient (Wildman–Crippen LogP) is 3.30. The molecule has 3 heterocycles. The minimum absolute atomic E-state index is 0.290. The lowest BCUT2D eigenvalue weighted by molar-refractivity contribution is 0.281. The smallest absolute Gasteiger partial charge is 0.166 e. The van der Waals surface area contributed by atoms with Gasteiger partial charge in [0.15, 0.2) is 17.0 Å². The summed E-state index contributed by atoms with van der Waals surface area (Å²) in [6.07, 6.45) is 3.69. The highest BCUT2D eigenvalue weighted by Gasteiger charge is 2.18. The summed E-state index contributed by atoms with van der Waals surface area (Å²) >= 11 is 0. The van der Waals surface area contributed by atoms with Crippen LogP contribution in [0.4, 0.5) is 10.2 Å². The molecule has 0 saturated carbocycles. The van der Waals surface area contributed by atoms with Gasteiger partial charge in [-0.3, -0.25) is 4.98 Å². The molecule has 4 rings (SSSR count). The number of anilines is 1. The minimum atomic E-state index is -0.438. The molecule has 0 aliphatic rings. The van der Waals surface area contributed by atoms with Crippen molar-refractivity contribution in [3.63, 3.8) is 0 Å². The van der Waals surface area contributed by atoms with Crippen LogP contribution in [0.1, 0.15) is 17.8 Å². The van der Waals surface area contributed by atoms with Crippen LogP contribution in [0.5, 0.6) is 5.75 Å². The fourth-order valence-electron chi connectivity index (χ4n) is 3.48. The Morgan fingerprint density at radius 3 is 2.59 bits per heavy atom. The van der Waals surface area contributed by atoms with Crippen LogP contribution in [0.3, 0.4) is 0 Å². The highest BCUT2D eigenvalue weighted by atomic mass is 19.1. The number of nitrogens with zero attached hydrogens (tertiary/aromatic N) is 6. The molecule has 0 radical (unpaired) electrons. The van der Waals surface area contributed by atoms with E-state index >= 15 is 0 Å². The van der Waals surface area contributed by atoms with Crippen LogP contribution in [0.15, 0.2) is 42.7 Å². The molecule has 0 unspecified atom stereocenters. The number of aryl methyl sites for hydroxylation is 1. The number of aromatic nitrogens is 5. The number of hydrogen-bond donors (Lipinski definition) is 1. The zero-order valence-corrected chi connectivity index (χ0v) is 18.4. The number of ether oxygens (including phenoxy) is 1. The van der Waals surface area contributed by atoms with E-state index in [0.717, 1.165) is 30.5 Å². The second-order valence-electron chi connectivity index (χ2n) is 7.89. The summed E-state index contributed by atoms with van der Waals surface area (Å²) in [6, 6.07) is 9.28. The van der Waals surface area contributed by atoms with Crippen molar-refractivity contribution in [2.75, 3.05) is 33.0 Å². The van der Waals surface area contributed by atoms with E-state index in [9.17, 15) is 4.39 Å². The maximum Gasteiger partial charge on any atom is 0.166 e. The minimum Gasteiger partial charge on any atom is -0.494 e. The van der Waals surface area contributed by atoms with E-state index in [1.165, 1.54) is 6.07 Å². The number of halogens is 1. The summed E-state index contributed by atoms with van der Waals surface area (Å²) in [5.74, 6) is 1.74. The molecular formula is C23H26FN7O. The number of imidazole rings is 1. The van der Waals surface area contributed by atoms with Gasteiger partial charge in [-0.2, -0.15) is 0 Å². The van der Waals surface area contributed by atoms with Gasteiger partial charge in [0.2, 0.25) is 0 Å². The maximum atomic E-state index is 13.9. The van der Waals surface area contributed by atoms with Crippen LogP contribution in [0, 0.1) is 12.7 Å². The number of hydrogen-bond acceptors (Lipinski definition) is 7. The van der Waals surface area contributed by atoms with Crippen molar-refractivity contribution in [1.82, 2.24) is 29.4 Å². The molecule has 0 atom stereocenters. The Hall–Kier alpha value is -3.59. The van der Waals surface area contributed by atoms with Crippen molar-refractivity contribution in [3.05, 3.63) is 59.9 Å². The third-order valence-corrected chi connectivity index (χ3v) is 4.98. The summed E-state index contributed by atoms with van der Waals surface area (Å²) in [6.45, 7) is 3.89. The van der Waals surface area contributed by atoms with E-state index in [2.05, 4.69) is 24.8 Å². The van der Waals surface area contributed by atoms with Crippen LogP contribution >= 0.6 is 0 Å². The zero-order valence-electron chi connectivity index (χ0n) is 18.4. The van der Waals surface area contributed by atoms with Crippen LogP contribution in [0.2, 0.25) is 0 Å². The molecule has 1 aromatic carbocycles. The topological polar surface area (TPSA) is 95.0 Å². The van der Waals surface area contributed by atoms with Crippen LogP contribution in [-0.4, -0.2) is 56.6 Å². The SMILES string of the molecule is Cc1nc(N)c2nc(-c3cncc(F)c3)n(Cc3ccc(OCCCN(C)C)cc3)c2n1. The van der Waals surface area contributed by atoms with Gasteiger partial charge in [-0.1, -0.05) is 12.1 Å². The van der Waals surface area contributed by atoms with Gasteiger partial charge < -0.3 is 19.9 Å². The molecule has 2 N–H and O–H groups in total. The molecule has 0 saturated heterocycles. The molecule has 8 nitrogen and oxygen atoms in total. The zero-order chi connectivity index (χ0) is 22.7. The molecular weight excluding hydrogens is 409 g/mol. The largest absolute Gasteiger partial charge is 0.494 e. The molecule has 0 bridgehead atoms. The van der Waals surface area contributed by atoms with E-state index in [1.807, 2.05) is 42.9 Å². The van der Waals surface area contributed by atoms with Crippen molar-refractivity contribution in [2.24, 2.45) is 0 Å². The highest BCUT2D eigenvalue weighted by molar-refractivity contribution is 5.85. The average Bonchev–Trinajstić information content (AvgIpc) is 3.11. The van der Waals surface area contributed by atoms with Crippen molar-refractivity contribution in [2.45, 2.75) is 19.9 Å². The number of pyridine rings is 1. The second kappa shape index (κ2) is 9.27. The fraction of sp³-hybridized carbons (Fsp3) is 0.304. The van der Waals surface area contributed by atoms with E-state index in [1.54, 1.807) is 13.1 Å². The molecule has 32 heavy (non-hydrogen) atoms. The Morgan fingerprint density at radius 1 is 1.09 bits per heavy atom. The van der Waals surface area contributed by atoms with Crippen LogP contribution < -0.4 is 10.5 Å². The van der Waals surface area contributed by atoms with Gasteiger partial charge in [0.1, 0.15) is 23.2 Å². The second-order valence-corrected chi connectivity index (χ2v) is 7.89. The summed E-state index contributed by atoms with van der Waals surface area (Å²) in [7, 11) is 4.09. The monoisotopic (exact) mass is 435 g/mol. The van der Waals surface area contributed by atoms with Crippen molar-refractivity contribution in [1.29, 1.82) is 0 Å². The Bertz CT molecular complexity index is 1220. The molecule has 0 spiro atoms. The van der Waals surface area contributed by atoms with Gasteiger partial charge in [-0.15, -0.1) is 0 Å². The van der Waals surface area contributed by atoms with E-state index in [0.29, 0.717) is 47.3 Å². The number of fused-ring (bicyclic) bond motifs is 1. The summed E-state index contributed by atoms with van der Waals surface area (Å²) in [4.78, 5) is 19.5. The first-order valence-corrected chi connectivity index (χ1v) is 10.4. The standard InChI is InChI=1S/C23H26FN7O/c1-15-27-21(25)20-23(28-15)31(22(29-20)17-11-18(24)13-26-12-17)14-16-5-7-19(8-6-16)32-10-4-9-30(2)3/h5-8,11-13H,4,9-10,14H2,1-3H3,(H2,25,27,28). The molecule has 0 aliphatic carbocycles. The molecule has 166 valence electrons. The molecule has 3 aromatic heterocycles. The lowest BCUT2D eigenvalue weighted by Crippen LogP contribution is -2.15. The number of rotatable bonds is 8. The highest BCUT2D eigenvalue weighted by Crippen LogP contribution is 2.27. The third-order valence-electron chi connectivity index (χ3n) is 4.98. The lowest BCUT2D eigenvalue weighted by atomic mass is 10.2. The first-order chi connectivity index (χ1) is 15.4. The van der Waals surface area contributed by atoms with Gasteiger partial charge in [0.25, 0.3) is 0 Å². The quantitative estimate of drug-likeness (QED) is 0.424. The van der Waals surface area contributed by atoms with E-state index < -0.39 is 5.82 Å². The first-order valence-electron chi connectivity index (χ1n) is 10.4. The van der Waals surface area contributed by atoms with Gasteiger partial charge in [-0.05, 0) is 51.2 Å². The number of benzene rings is 1. The molecule has 0 aliphatic heterocycles. The van der Waals surface area contributed by atoms with Crippen molar-refractivity contribution in [3.8, 4) is 17.1 Å². The van der Waals surface area contributed by atoms with Gasteiger partial charge in [0.05, 0.1) is 19.3 Å². The first kappa shape index (κ1) is 21.6. The number of nitrogens with two attached hydrogens (primary N) is 1. The summed E-state index contributed by atoms with van der Waals surface area (Å²) < 4.78 is 21.6. The summed E-state index contributed by atoms with van der Waals surface area (Å²) in [5.41, 5.74) is 8.74. The third kappa shape index (κ3) is 4.83. The Morgan fingerprint density at radius 2 is 1.88 bits per heavy atom. The Labute approximate surface area is 185 Å². The van der Waals surface area contributed by atoms with Gasteiger partial charge in [0, 0.05) is 18.3 Å². The summed E-state index contributed by atoms with van der Waals surface area (Å²) in [5, 5.41) is 0. The Kier molecular flexibility index (Phi) is 6.27. The molecule has 9 heteroatoms. The molecule has 4 aromatic rings. The van der Waals surface area contributed by atoms with E-state index in [4.69, 9.17) is 10.5 Å². The van der Waals surface area contributed by atoms with Crippen LogP contribution in [0.25, 0.3) is 22.6 Å². The van der Waals surface area contributed by atoms with E-state index in [-0.39, 0.29) is 0 Å². The normalized spacial score (nSPS) is 11.4. The molecule has 0 amide bonds. The van der Waals surface area contributed by atoms with Crippen LogP contribution in [-0.2, 0) is 6.54 Å². The fourth-order valence-corrected chi connectivity index (χ4v) is 3.48. The van der Waals surface area contributed by atoms with Gasteiger partial charge in [-0.25, -0.2) is 19.3 Å². The average molecular weight is 436 g/mol. The van der Waals surface area contributed by atoms with Crippen molar-refractivity contribution >= 4 is 17.0 Å². The predicted molar refractivity (Wildman–Crippen MR) is 122 cm³/mol. The van der Waals surface area contributed by atoms with Crippen molar-refractivity contribution < 1.29 is 9.13 Å².